The fraction of sp³-hybridized carbons (Fsp3) is 0.147. The van der Waals surface area contributed by atoms with E-state index in [0.29, 0.717) is 24.1 Å². The molecule has 3 aromatic carbocycles. The maximum absolute atomic E-state index is 6.10. The van der Waals surface area contributed by atoms with Crippen LogP contribution in [0.3, 0.4) is 0 Å². The second-order valence-corrected chi connectivity index (χ2v) is 10.2. The van der Waals surface area contributed by atoms with E-state index in [1.54, 1.807) is 13.3 Å². The third kappa shape index (κ3) is 5.15. The zero-order valence-corrected chi connectivity index (χ0v) is 23.2. The number of aromatic nitrogens is 4. The van der Waals surface area contributed by atoms with Crippen LogP contribution in [0.5, 0.6) is 11.5 Å². The molecule has 1 aliphatic rings. The minimum Gasteiger partial charge on any atom is -0.493 e. The molecule has 3 aromatic heterocycles. The first-order valence-electron chi connectivity index (χ1n) is 14.0. The number of pyridine rings is 1. The van der Waals surface area contributed by atoms with Gasteiger partial charge in [-0.15, -0.1) is 0 Å². The number of fused-ring (bicyclic) bond motifs is 2. The van der Waals surface area contributed by atoms with E-state index in [9.17, 15) is 0 Å². The normalized spacial score (nSPS) is 12.6. The maximum Gasteiger partial charge on any atom is 0.227 e. The molecule has 208 valence electrons. The van der Waals surface area contributed by atoms with E-state index in [0.717, 1.165) is 59.1 Å². The molecule has 8 nitrogen and oxygen atoms in total. The van der Waals surface area contributed by atoms with E-state index in [-0.39, 0.29) is 0 Å². The summed E-state index contributed by atoms with van der Waals surface area (Å²) in [6.45, 7) is 2.34. The van der Waals surface area contributed by atoms with Gasteiger partial charge in [-0.25, -0.2) is 15.0 Å². The number of hydrogen-bond donors (Lipinski definition) is 2. The Balaban J connectivity index is 1.23. The highest BCUT2D eigenvalue weighted by molar-refractivity contribution is 5.82. The van der Waals surface area contributed by atoms with E-state index < -0.39 is 0 Å². The van der Waals surface area contributed by atoms with Crippen molar-refractivity contribution in [2.45, 2.75) is 19.6 Å². The number of nitrogens with one attached hydrogen (secondary N) is 2. The largest absolute Gasteiger partial charge is 0.493 e. The van der Waals surface area contributed by atoms with Crippen molar-refractivity contribution in [2.24, 2.45) is 0 Å². The predicted octanol–water partition coefficient (Wildman–Crippen LogP) is 6.44. The molecule has 0 unspecified atom stereocenters. The molecule has 2 N–H and O–H groups in total. The van der Waals surface area contributed by atoms with Crippen LogP contribution in [0.1, 0.15) is 16.7 Å². The third-order valence-corrected chi connectivity index (χ3v) is 7.45. The van der Waals surface area contributed by atoms with Gasteiger partial charge in [-0.3, -0.25) is 4.40 Å². The van der Waals surface area contributed by atoms with Gasteiger partial charge in [0.2, 0.25) is 5.95 Å². The summed E-state index contributed by atoms with van der Waals surface area (Å²) in [5.74, 6) is 1.83. The van der Waals surface area contributed by atoms with Crippen molar-refractivity contribution >= 4 is 17.3 Å². The van der Waals surface area contributed by atoms with Gasteiger partial charge in [0, 0.05) is 30.2 Å². The summed E-state index contributed by atoms with van der Waals surface area (Å²) < 4.78 is 13.9. The summed E-state index contributed by atoms with van der Waals surface area (Å²) in [7, 11) is 1.65. The van der Waals surface area contributed by atoms with E-state index in [2.05, 4.69) is 38.2 Å². The Morgan fingerprint density at radius 1 is 0.881 bits per heavy atom. The van der Waals surface area contributed by atoms with E-state index in [4.69, 9.17) is 19.4 Å². The number of ether oxygens (including phenoxy) is 2. The molecule has 7 rings (SSSR count). The maximum atomic E-state index is 6.10. The Hall–Kier alpha value is -5.21. The van der Waals surface area contributed by atoms with Crippen molar-refractivity contribution in [2.75, 3.05) is 19.0 Å². The molecule has 0 atom stereocenters. The monoisotopic (exact) mass is 554 g/mol. The quantitative estimate of drug-likeness (QED) is 0.224. The van der Waals surface area contributed by atoms with Crippen molar-refractivity contribution in [1.29, 1.82) is 0 Å². The molecule has 1 aliphatic heterocycles. The lowest BCUT2D eigenvalue weighted by Gasteiger charge is -2.18. The van der Waals surface area contributed by atoms with Gasteiger partial charge in [-0.2, -0.15) is 0 Å². The molecule has 0 radical (unpaired) electrons. The van der Waals surface area contributed by atoms with E-state index >= 15 is 0 Å². The van der Waals surface area contributed by atoms with Crippen molar-refractivity contribution < 1.29 is 9.47 Å². The Morgan fingerprint density at radius 3 is 2.69 bits per heavy atom. The summed E-state index contributed by atoms with van der Waals surface area (Å²) in [5.41, 5.74) is 8.87. The fourth-order valence-corrected chi connectivity index (χ4v) is 5.35. The average Bonchev–Trinajstić information content (AvgIpc) is 3.44. The van der Waals surface area contributed by atoms with Crippen LogP contribution in [0, 0.1) is 0 Å². The smallest absolute Gasteiger partial charge is 0.227 e. The third-order valence-electron chi connectivity index (χ3n) is 7.45. The number of benzene rings is 3. The van der Waals surface area contributed by atoms with Gasteiger partial charge in [0.1, 0.15) is 12.3 Å². The zero-order valence-electron chi connectivity index (χ0n) is 23.2. The molecule has 0 aliphatic carbocycles. The summed E-state index contributed by atoms with van der Waals surface area (Å²) in [4.78, 5) is 14.4. The van der Waals surface area contributed by atoms with Gasteiger partial charge in [-0.1, -0.05) is 42.5 Å². The highest BCUT2D eigenvalue weighted by atomic mass is 16.5. The molecular weight excluding hydrogens is 524 g/mol. The van der Waals surface area contributed by atoms with Crippen molar-refractivity contribution in [1.82, 2.24) is 24.7 Å². The molecule has 0 fully saturated rings. The van der Waals surface area contributed by atoms with Crippen LogP contribution < -0.4 is 20.1 Å². The Bertz CT molecular complexity index is 1870. The van der Waals surface area contributed by atoms with Crippen LogP contribution in [0.25, 0.3) is 28.3 Å². The van der Waals surface area contributed by atoms with Crippen molar-refractivity contribution in [3.05, 3.63) is 120 Å². The van der Waals surface area contributed by atoms with Gasteiger partial charge in [-0.05, 0) is 78.2 Å². The second-order valence-electron chi connectivity index (χ2n) is 10.2. The first kappa shape index (κ1) is 25.7. The Labute approximate surface area is 244 Å². The number of anilines is 2. The number of rotatable bonds is 8. The lowest BCUT2D eigenvalue weighted by Crippen LogP contribution is -2.23. The molecule has 8 heteroatoms. The SMILES string of the molecule is COc1cc(-c2nc3ccccn3c2-c2ccnc(Nc3ccc4c(c3)CNCC4)n2)ccc1OCc1ccccc1. The predicted molar refractivity (Wildman–Crippen MR) is 164 cm³/mol. The van der Waals surface area contributed by atoms with Crippen LogP contribution >= 0.6 is 0 Å². The highest BCUT2D eigenvalue weighted by Crippen LogP contribution is 2.37. The molecule has 0 spiro atoms. The molecule has 0 bridgehead atoms. The van der Waals surface area contributed by atoms with Crippen LogP contribution in [0.4, 0.5) is 11.6 Å². The molecule has 42 heavy (non-hydrogen) atoms. The van der Waals surface area contributed by atoms with E-state index in [1.165, 1.54) is 11.1 Å². The summed E-state index contributed by atoms with van der Waals surface area (Å²) >= 11 is 0. The van der Waals surface area contributed by atoms with E-state index in [1.807, 2.05) is 79.0 Å². The molecule has 4 heterocycles. The van der Waals surface area contributed by atoms with Crippen LogP contribution in [0.2, 0.25) is 0 Å². The van der Waals surface area contributed by atoms with Gasteiger partial charge >= 0.3 is 0 Å². The van der Waals surface area contributed by atoms with Gasteiger partial charge in [0.05, 0.1) is 24.2 Å². The van der Waals surface area contributed by atoms with Crippen molar-refractivity contribution in [3.8, 4) is 34.1 Å². The molecule has 6 aromatic rings. The number of methoxy groups -OCH3 is 1. The first-order chi connectivity index (χ1) is 20.7. The minimum absolute atomic E-state index is 0.452. The number of hydrogen-bond acceptors (Lipinski definition) is 7. The zero-order chi connectivity index (χ0) is 28.3. The van der Waals surface area contributed by atoms with Gasteiger partial charge < -0.3 is 20.1 Å². The molecule has 0 saturated carbocycles. The van der Waals surface area contributed by atoms with Crippen molar-refractivity contribution in [3.63, 3.8) is 0 Å². The lowest BCUT2D eigenvalue weighted by molar-refractivity contribution is 0.284. The fourth-order valence-electron chi connectivity index (χ4n) is 5.35. The van der Waals surface area contributed by atoms with Crippen LogP contribution in [0.15, 0.2) is 103 Å². The molecular formula is C34H30N6O2. The molecule has 0 saturated heterocycles. The number of nitrogens with zero attached hydrogens (tertiary/aromatic N) is 4. The van der Waals surface area contributed by atoms with Gasteiger partial charge in [0.25, 0.3) is 0 Å². The van der Waals surface area contributed by atoms with Gasteiger partial charge in [0.15, 0.2) is 11.5 Å². The highest BCUT2D eigenvalue weighted by Gasteiger charge is 2.19. The lowest BCUT2D eigenvalue weighted by atomic mass is 10.0. The Morgan fingerprint density at radius 2 is 1.79 bits per heavy atom. The topological polar surface area (TPSA) is 85.6 Å². The average molecular weight is 555 g/mol. The minimum atomic E-state index is 0.452. The summed E-state index contributed by atoms with van der Waals surface area (Å²) in [6.07, 6.45) is 4.82. The van der Waals surface area contributed by atoms with Crippen LogP contribution in [-0.4, -0.2) is 33.0 Å². The van der Waals surface area contributed by atoms with Crippen LogP contribution in [-0.2, 0) is 19.6 Å². The second kappa shape index (κ2) is 11.3. The molecule has 0 amide bonds. The summed E-state index contributed by atoms with van der Waals surface area (Å²) in [6, 6.07) is 30.3. The first-order valence-corrected chi connectivity index (χ1v) is 14.0. The standard InChI is InChI=1S/C34H30N6O2/c1-41-30-20-25(11-13-29(30)42-22-23-7-3-2-4-8-23)32-33(40-18-6-5-9-31(40)39-32)28-15-17-36-34(38-28)37-27-12-10-24-14-16-35-21-26(24)19-27/h2-13,15,17-20,35H,14,16,21-22H2,1H3,(H,36,37,38). The Kier molecular flexibility index (Phi) is 6.95. The number of imidazole rings is 1. The summed E-state index contributed by atoms with van der Waals surface area (Å²) in [5, 5.41) is 6.84.